The lowest BCUT2D eigenvalue weighted by Gasteiger charge is -2.43. The first-order valence-electron chi connectivity index (χ1n) is 12.4. The first-order chi connectivity index (χ1) is 17.4. The van der Waals surface area contributed by atoms with Crippen molar-refractivity contribution in [2.45, 2.75) is 37.7 Å². The van der Waals surface area contributed by atoms with E-state index in [1.54, 1.807) is 40.3 Å². The third kappa shape index (κ3) is 5.79. The summed E-state index contributed by atoms with van der Waals surface area (Å²) in [5.41, 5.74) is 0.146. The number of aromatic nitrogens is 2. The van der Waals surface area contributed by atoms with Crippen molar-refractivity contribution < 1.29 is 23.8 Å². The third-order valence-corrected chi connectivity index (χ3v) is 7.08. The van der Waals surface area contributed by atoms with Gasteiger partial charge < -0.3 is 24.0 Å². The van der Waals surface area contributed by atoms with Crippen molar-refractivity contribution in [2.75, 3.05) is 52.6 Å². The predicted molar refractivity (Wildman–Crippen MR) is 132 cm³/mol. The van der Waals surface area contributed by atoms with Crippen LogP contribution in [0.5, 0.6) is 5.75 Å². The van der Waals surface area contributed by atoms with Crippen molar-refractivity contribution >= 4 is 23.4 Å². The number of halogens is 1. The molecule has 0 bridgehead atoms. The maximum absolute atomic E-state index is 13.5. The van der Waals surface area contributed by atoms with Crippen LogP contribution in [0.4, 0.5) is 0 Å². The van der Waals surface area contributed by atoms with Gasteiger partial charge in [-0.1, -0.05) is 17.7 Å². The Labute approximate surface area is 215 Å². The Hall–Kier alpha value is -2.75. The second kappa shape index (κ2) is 10.7. The van der Waals surface area contributed by atoms with Gasteiger partial charge in [-0.25, -0.2) is 9.97 Å². The van der Waals surface area contributed by atoms with Crippen LogP contribution in [-0.4, -0.2) is 89.8 Å². The van der Waals surface area contributed by atoms with E-state index in [9.17, 15) is 9.59 Å². The van der Waals surface area contributed by atoms with Crippen LogP contribution >= 0.6 is 11.6 Å². The minimum Gasteiger partial charge on any atom is -0.490 e. The number of hydrogen-bond acceptors (Lipinski definition) is 7. The quantitative estimate of drug-likeness (QED) is 0.560. The lowest BCUT2D eigenvalue weighted by atomic mass is 9.96. The molecule has 1 unspecified atom stereocenters. The Morgan fingerprint density at radius 2 is 1.94 bits per heavy atom. The van der Waals surface area contributed by atoms with Crippen molar-refractivity contribution in [1.29, 1.82) is 0 Å². The Balaban J connectivity index is 1.35. The summed E-state index contributed by atoms with van der Waals surface area (Å²) in [6.45, 7) is 4.97. The van der Waals surface area contributed by atoms with Gasteiger partial charge in [-0.15, -0.1) is 0 Å². The molecule has 1 aliphatic carbocycles. The molecule has 2 amide bonds. The van der Waals surface area contributed by atoms with Crippen LogP contribution < -0.4 is 4.74 Å². The van der Waals surface area contributed by atoms with Crippen LogP contribution in [0.3, 0.4) is 0 Å². The summed E-state index contributed by atoms with van der Waals surface area (Å²) in [7, 11) is 0. The van der Waals surface area contributed by atoms with E-state index >= 15 is 0 Å². The molecule has 10 heteroatoms. The summed E-state index contributed by atoms with van der Waals surface area (Å²) in [4.78, 5) is 39.3. The highest BCUT2D eigenvalue weighted by molar-refractivity contribution is 6.30. The maximum atomic E-state index is 13.5. The van der Waals surface area contributed by atoms with Crippen LogP contribution in [0.25, 0.3) is 0 Å². The number of carbonyl (C=O) groups excluding carboxylic acids is 2. The van der Waals surface area contributed by atoms with E-state index in [0.717, 1.165) is 18.7 Å². The van der Waals surface area contributed by atoms with Gasteiger partial charge in [-0.2, -0.15) is 0 Å². The van der Waals surface area contributed by atoms with Crippen LogP contribution in [0.15, 0.2) is 30.5 Å². The molecule has 3 fully saturated rings. The molecule has 3 aliphatic rings. The Bertz CT molecular complexity index is 1120. The van der Waals surface area contributed by atoms with Gasteiger partial charge in [0.05, 0.1) is 44.0 Å². The van der Waals surface area contributed by atoms with E-state index in [0.29, 0.717) is 67.4 Å². The molecule has 36 heavy (non-hydrogen) atoms. The SMILES string of the molecule is Cc1nc(C2CC2)ncc1C(=O)N1CCOC(COc2cccc(Cl)c2)(CC(=O)N2CCOCC2)C1. The number of benzene rings is 1. The van der Waals surface area contributed by atoms with Crippen LogP contribution in [0.2, 0.25) is 5.02 Å². The zero-order chi connectivity index (χ0) is 25.1. The number of aryl methyl sites for hydroxylation is 1. The summed E-state index contributed by atoms with van der Waals surface area (Å²) in [5.74, 6) is 1.59. The molecule has 3 heterocycles. The Kier molecular flexibility index (Phi) is 7.41. The minimum absolute atomic E-state index is 0.0457. The molecule has 0 radical (unpaired) electrons. The Morgan fingerprint density at radius 3 is 2.67 bits per heavy atom. The molecule has 0 N–H and O–H groups in total. The summed E-state index contributed by atoms with van der Waals surface area (Å²) in [6.07, 6.45) is 3.93. The number of rotatable bonds is 7. The van der Waals surface area contributed by atoms with Crippen LogP contribution in [0, 0.1) is 6.92 Å². The summed E-state index contributed by atoms with van der Waals surface area (Å²) < 4.78 is 17.7. The van der Waals surface area contributed by atoms with Gasteiger partial charge in [0, 0.05) is 36.8 Å². The molecular formula is C26H31ClN4O5. The second-order valence-corrected chi connectivity index (χ2v) is 10.1. The van der Waals surface area contributed by atoms with E-state index in [4.69, 9.17) is 25.8 Å². The van der Waals surface area contributed by atoms with Gasteiger partial charge >= 0.3 is 0 Å². The van der Waals surface area contributed by atoms with Crippen molar-refractivity contribution in [3.63, 3.8) is 0 Å². The lowest BCUT2D eigenvalue weighted by molar-refractivity contribution is -0.155. The zero-order valence-corrected chi connectivity index (χ0v) is 21.2. The van der Waals surface area contributed by atoms with Gasteiger partial charge in [0.2, 0.25) is 5.91 Å². The number of carbonyl (C=O) groups is 2. The molecule has 5 rings (SSSR count). The van der Waals surface area contributed by atoms with Crippen molar-refractivity contribution in [2.24, 2.45) is 0 Å². The van der Waals surface area contributed by atoms with E-state index in [-0.39, 0.29) is 31.4 Å². The molecule has 2 saturated heterocycles. The molecule has 1 saturated carbocycles. The van der Waals surface area contributed by atoms with E-state index < -0.39 is 5.60 Å². The highest BCUT2D eigenvalue weighted by Crippen LogP contribution is 2.38. The third-order valence-electron chi connectivity index (χ3n) is 6.84. The standard InChI is InChI=1S/C26H31ClN4O5/c1-18-22(15-28-24(29-18)19-5-6-19)25(33)31-9-12-36-26(16-31,14-23(32)30-7-10-34-11-8-30)17-35-21-4-2-3-20(27)13-21/h2-4,13,15,19H,5-12,14,16-17H2,1H3. The molecule has 1 aromatic carbocycles. The maximum Gasteiger partial charge on any atom is 0.257 e. The largest absolute Gasteiger partial charge is 0.490 e. The molecule has 1 atom stereocenters. The summed E-state index contributed by atoms with van der Waals surface area (Å²) in [6, 6.07) is 7.08. The molecule has 192 valence electrons. The van der Waals surface area contributed by atoms with E-state index in [1.165, 1.54) is 0 Å². The highest BCUT2D eigenvalue weighted by Gasteiger charge is 2.43. The van der Waals surface area contributed by atoms with Crippen molar-refractivity contribution in [3.05, 3.63) is 52.6 Å². The molecular weight excluding hydrogens is 484 g/mol. The average molecular weight is 515 g/mol. The predicted octanol–water partition coefficient (Wildman–Crippen LogP) is 2.85. The summed E-state index contributed by atoms with van der Waals surface area (Å²) in [5, 5.41) is 0.553. The zero-order valence-electron chi connectivity index (χ0n) is 20.5. The van der Waals surface area contributed by atoms with Gasteiger partial charge in [-0.05, 0) is 38.0 Å². The van der Waals surface area contributed by atoms with Crippen LogP contribution in [-0.2, 0) is 14.3 Å². The van der Waals surface area contributed by atoms with E-state index in [2.05, 4.69) is 9.97 Å². The summed E-state index contributed by atoms with van der Waals surface area (Å²) >= 11 is 6.12. The average Bonchev–Trinajstić information content (AvgIpc) is 3.74. The minimum atomic E-state index is -1.01. The second-order valence-electron chi connectivity index (χ2n) is 9.68. The molecule has 0 spiro atoms. The number of nitrogens with zero attached hydrogens (tertiary/aromatic N) is 4. The molecule has 9 nitrogen and oxygen atoms in total. The normalized spacial score (nSPS) is 22.4. The molecule has 2 aromatic rings. The van der Waals surface area contributed by atoms with Gasteiger partial charge in [0.15, 0.2) is 0 Å². The van der Waals surface area contributed by atoms with Gasteiger partial charge in [0.25, 0.3) is 5.91 Å². The fraction of sp³-hybridized carbons (Fsp3) is 0.538. The van der Waals surface area contributed by atoms with Crippen LogP contribution in [0.1, 0.15) is 47.1 Å². The number of morpholine rings is 2. The Morgan fingerprint density at radius 1 is 1.17 bits per heavy atom. The molecule has 1 aromatic heterocycles. The van der Waals surface area contributed by atoms with E-state index in [1.807, 2.05) is 6.92 Å². The smallest absolute Gasteiger partial charge is 0.257 e. The van der Waals surface area contributed by atoms with Gasteiger partial charge in [0.1, 0.15) is 23.8 Å². The van der Waals surface area contributed by atoms with Crippen molar-refractivity contribution in [1.82, 2.24) is 19.8 Å². The topological polar surface area (TPSA) is 94.1 Å². The van der Waals surface area contributed by atoms with Gasteiger partial charge in [-0.3, -0.25) is 9.59 Å². The first-order valence-corrected chi connectivity index (χ1v) is 12.8. The number of ether oxygens (including phenoxy) is 3. The lowest BCUT2D eigenvalue weighted by Crippen LogP contribution is -2.58. The fourth-order valence-electron chi connectivity index (χ4n) is 4.64. The fourth-order valence-corrected chi connectivity index (χ4v) is 4.82. The van der Waals surface area contributed by atoms with Crippen molar-refractivity contribution in [3.8, 4) is 5.75 Å². The first kappa shape index (κ1) is 24.9. The highest BCUT2D eigenvalue weighted by atomic mass is 35.5. The monoisotopic (exact) mass is 514 g/mol. The number of amides is 2. The molecule has 2 aliphatic heterocycles. The number of hydrogen-bond donors (Lipinski definition) is 0.